The van der Waals surface area contributed by atoms with Crippen molar-refractivity contribution >= 4 is 5.97 Å². The molecular weight excluding hydrogens is 264 g/mol. The Morgan fingerprint density at radius 2 is 2.05 bits per heavy atom. The predicted octanol–water partition coefficient (Wildman–Crippen LogP) is 2.93. The second-order valence-corrected chi connectivity index (χ2v) is 8.01. The van der Waals surface area contributed by atoms with Crippen molar-refractivity contribution in [1.29, 1.82) is 0 Å². The molecule has 21 heavy (non-hydrogen) atoms. The Hall–Kier alpha value is -0.830. The SMILES string of the molecule is C=C(C)C(=O)OC1(CC)CC2CC1C1C3CC(O)C(C3)C21. The maximum absolute atomic E-state index is 12.1. The first-order valence-electron chi connectivity index (χ1n) is 8.53. The minimum Gasteiger partial charge on any atom is -0.455 e. The molecule has 0 amide bonds. The third kappa shape index (κ3) is 1.67. The molecule has 0 heterocycles. The van der Waals surface area contributed by atoms with Gasteiger partial charge in [-0.3, -0.25) is 0 Å². The summed E-state index contributed by atoms with van der Waals surface area (Å²) in [7, 11) is 0. The van der Waals surface area contributed by atoms with E-state index >= 15 is 0 Å². The van der Waals surface area contributed by atoms with Gasteiger partial charge in [-0.2, -0.15) is 0 Å². The molecule has 0 aromatic rings. The van der Waals surface area contributed by atoms with E-state index in [1.807, 2.05) is 0 Å². The fourth-order valence-electron chi connectivity index (χ4n) is 6.56. The van der Waals surface area contributed by atoms with Crippen LogP contribution in [-0.4, -0.2) is 22.8 Å². The van der Waals surface area contributed by atoms with E-state index in [2.05, 4.69) is 13.5 Å². The molecule has 0 saturated heterocycles. The Morgan fingerprint density at radius 1 is 1.29 bits per heavy atom. The van der Waals surface area contributed by atoms with Crippen molar-refractivity contribution < 1.29 is 14.6 Å². The number of hydrogen-bond donors (Lipinski definition) is 1. The van der Waals surface area contributed by atoms with Crippen molar-refractivity contribution in [2.24, 2.45) is 35.5 Å². The molecular formula is C18H26O3. The smallest absolute Gasteiger partial charge is 0.333 e. The molecule has 0 aromatic heterocycles. The van der Waals surface area contributed by atoms with Crippen molar-refractivity contribution in [2.45, 2.75) is 57.7 Å². The van der Waals surface area contributed by atoms with Gasteiger partial charge in [0.1, 0.15) is 5.60 Å². The lowest BCUT2D eigenvalue weighted by Gasteiger charge is -2.46. The quantitative estimate of drug-likeness (QED) is 0.494. The molecule has 4 aliphatic carbocycles. The largest absolute Gasteiger partial charge is 0.455 e. The van der Waals surface area contributed by atoms with E-state index in [4.69, 9.17) is 4.74 Å². The van der Waals surface area contributed by atoms with Crippen LogP contribution in [0.25, 0.3) is 0 Å². The van der Waals surface area contributed by atoms with Crippen molar-refractivity contribution in [3.8, 4) is 0 Å². The fourth-order valence-corrected chi connectivity index (χ4v) is 6.56. The number of aliphatic hydroxyl groups excluding tert-OH is 1. The summed E-state index contributed by atoms with van der Waals surface area (Å²) in [6, 6.07) is 0. The summed E-state index contributed by atoms with van der Waals surface area (Å²) in [6.07, 6.45) is 5.23. The summed E-state index contributed by atoms with van der Waals surface area (Å²) < 4.78 is 5.99. The fraction of sp³-hybridized carbons (Fsp3) is 0.833. The Bertz CT molecular complexity index is 499. The number of hydrogen-bond acceptors (Lipinski definition) is 3. The van der Waals surface area contributed by atoms with E-state index < -0.39 is 0 Å². The normalized spacial score (nSPS) is 53.0. The molecule has 4 aliphatic rings. The van der Waals surface area contributed by atoms with E-state index in [-0.39, 0.29) is 17.7 Å². The molecule has 4 saturated carbocycles. The number of carbonyl (C=O) groups is 1. The van der Waals surface area contributed by atoms with Gasteiger partial charge in [0, 0.05) is 11.5 Å². The average molecular weight is 290 g/mol. The van der Waals surface area contributed by atoms with Gasteiger partial charge in [0.05, 0.1) is 6.10 Å². The van der Waals surface area contributed by atoms with Gasteiger partial charge in [0.25, 0.3) is 0 Å². The van der Waals surface area contributed by atoms with E-state index in [1.165, 1.54) is 12.8 Å². The standard InChI is InChI=1S/C18H26O3/c1-4-18(21-17(20)9(2)3)8-11-6-13(18)16-10-5-12(15(11)16)14(19)7-10/h10-16,19H,2,4-8H2,1,3H3. The summed E-state index contributed by atoms with van der Waals surface area (Å²) >= 11 is 0. The van der Waals surface area contributed by atoms with Crippen LogP contribution in [-0.2, 0) is 9.53 Å². The predicted molar refractivity (Wildman–Crippen MR) is 79.3 cm³/mol. The molecule has 4 fully saturated rings. The van der Waals surface area contributed by atoms with Crippen LogP contribution in [0, 0.1) is 35.5 Å². The van der Waals surface area contributed by atoms with Gasteiger partial charge in [-0.05, 0) is 68.6 Å². The lowest BCUT2D eigenvalue weighted by molar-refractivity contribution is -0.168. The zero-order chi connectivity index (χ0) is 14.9. The molecule has 8 unspecified atom stereocenters. The number of rotatable bonds is 3. The highest BCUT2D eigenvalue weighted by molar-refractivity contribution is 5.87. The molecule has 0 radical (unpaired) electrons. The molecule has 1 N–H and O–H groups in total. The Labute approximate surface area is 126 Å². The first-order valence-corrected chi connectivity index (χ1v) is 8.53. The maximum atomic E-state index is 12.1. The molecule has 8 atom stereocenters. The Kier molecular flexibility index (Phi) is 2.86. The second-order valence-electron chi connectivity index (χ2n) is 8.01. The van der Waals surface area contributed by atoms with Crippen LogP contribution in [0.2, 0.25) is 0 Å². The lowest BCUT2D eigenvalue weighted by atomic mass is 9.64. The molecule has 4 rings (SSSR count). The van der Waals surface area contributed by atoms with Crippen LogP contribution in [0.4, 0.5) is 0 Å². The number of aliphatic hydroxyl groups is 1. The highest BCUT2D eigenvalue weighted by Crippen LogP contribution is 2.70. The molecule has 0 aliphatic heterocycles. The van der Waals surface area contributed by atoms with Gasteiger partial charge in [-0.15, -0.1) is 0 Å². The van der Waals surface area contributed by atoms with Crippen LogP contribution in [0.15, 0.2) is 12.2 Å². The zero-order valence-electron chi connectivity index (χ0n) is 13.0. The monoisotopic (exact) mass is 290 g/mol. The third-order valence-corrected chi connectivity index (χ3v) is 7.19. The summed E-state index contributed by atoms with van der Waals surface area (Å²) in [5.74, 6) is 3.54. The molecule has 0 spiro atoms. The van der Waals surface area contributed by atoms with Crippen LogP contribution < -0.4 is 0 Å². The zero-order valence-corrected chi connectivity index (χ0v) is 13.0. The Morgan fingerprint density at radius 3 is 2.71 bits per heavy atom. The number of fused-ring (bicyclic) bond motifs is 9. The highest BCUT2D eigenvalue weighted by Gasteiger charge is 2.69. The third-order valence-electron chi connectivity index (χ3n) is 7.19. The summed E-state index contributed by atoms with van der Waals surface area (Å²) in [4.78, 5) is 12.1. The molecule has 116 valence electrons. The molecule has 3 nitrogen and oxygen atoms in total. The van der Waals surface area contributed by atoms with Gasteiger partial charge in [-0.25, -0.2) is 4.79 Å². The van der Waals surface area contributed by atoms with Gasteiger partial charge in [-0.1, -0.05) is 13.5 Å². The van der Waals surface area contributed by atoms with Crippen molar-refractivity contribution in [1.82, 2.24) is 0 Å². The number of ether oxygens (including phenoxy) is 1. The summed E-state index contributed by atoms with van der Waals surface area (Å²) in [5, 5.41) is 10.2. The summed E-state index contributed by atoms with van der Waals surface area (Å²) in [6.45, 7) is 7.62. The topological polar surface area (TPSA) is 46.5 Å². The van der Waals surface area contributed by atoms with Crippen LogP contribution in [0.5, 0.6) is 0 Å². The van der Waals surface area contributed by atoms with E-state index in [0.717, 1.165) is 19.3 Å². The molecule has 4 bridgehead atoms. The average Bonchev–Trinajstić information content (AvgIpc) is 3.14. The van der Waals surface area contributed by atoms with Gasteiger partial charge in [0.15, 0.2) is 0 Å². The van der Waals surface area contributed by atoms with Crippen LogP contribution in [0.3, 0.4) is 0 Å². The van der Waals surface area contributed by atoms with Crippen molar-refractivity contribution in [3.05, 3.63) is 12.2 Å². The van der Waals surface area contributed by atoms with Crippen LogP contribution >= 0.6 is 0 Å². The first-order chi connectivity index (χ1) is 9.97. The molecule has 0 aromatic carbocycles. The maximum Gasteiger partial charge on any atom is 0.333 e. The first kappa shape index (κ1) is 13.8. The van der Waals surface area contributed by atoms with Gasteiger partial charge >= 0.3 is 5.97 Å². The number of esters is 1. The van der Waals surface area contributed by atoms with Crippen LogP contribution in [0.1, 0.15) is 46.0 Å². The van der Waals surface area contributed by atoms with E-state index in [1.54, 1.807) is 6.92 Å². The number of carbonyl (C=O) groups excluding carboxylic acids is 1. The van der Waals surface area contributed by atoms with Crippen molar-refractivity contribution in [3.63, 3.8) is 0 Å². The highest BCUT2D eigenvalue weighted by atomic mass is 16.6. The van der Waals surface area contributed by atoms with Crippen molar-refractivity contribution in [2.75, 3.05) is 0 Å². The summed E-state index contributed by atoms with van der Waals surface area (Å²) in [5.41, 5.74) is 0.252. The lowest BCUT2D eigenvalue weighted by Crippen LogP contribution is -2.49. The van der Waals surface area contributed by atoms with Gasteiger partial charge in [0.2, 0.25) is 0 Å². The van der Waals surface area contributed by atoms with E-state index in [0.29, 0.717) is 41.1 Å². The minimum atomic E-state index is -0.253. The minimum absolute atomic E-state index is 0.0652. The van der Waals surface area contributed by atoms with Gasteiger partial charge < -0.3 is 9.84 Å². The second kappa shape index (κ2) is 4.34. The Balaban J connectivity index is 1.61. The molecule has 3 heteroatoms. The van der Waals surface area contributed by atoms with E-state index in [9.17, 15) is 9.90 Å².